The highest BCUT2D eigenvalue weighted by Crippen LogP contribution is 2.21. The van der Waals surface area contributed by atoms with Gasteiger partial charge in [0.1, 0.15) is 24.0 Å². The number of hydrogen-bond donors (Lipinski definition) is 0. The van der Waals surface area contributed by atoms with Gasteiger partial charge in [0, 0.05) is 13.1 Å². The first-order valence-corrected chi connectivity index (χ1v) is 7.41. The number of nitrogens with zero attached hydrogens (tertiary/aromatic N) is 4. The zero-order valence-electron chi connectivity index (χ0n) is 12.1. The van der Waals surface area contributed by atoms with Crippen LogP contribution < -0.4 is 0 Å². The van der Waals surface area contributed by atoms with Gasteiger partial charge < -0.3 is 9.47 Å². The van der Waals surface area contributed by atoms with Crippen molar-refractivity contribution in [2.24, 2.45) is 0 Å². The Morgan fingerprint density at radius 1 is 1.43 bits per heavy atom. The van der Waals surface area contributed by atoms with Gasteiger partial charge in [0.15, 0.2) is 0 Å². The second-order valence-electron chi connectivity index (χ2n) is 4.60. The molecule has 21 heavy (non-hydrogen) atoms. The zero-order chi connectivity index (χ0) is 15.4. The number of benzene rings is 1. The van der Waals surface area contributed by atoms with Crippen LogP contribution in [-0.4, -0.2) is 33.4 Å². The lowest BCUT2D eigenvalue weighted by molar-refractivity contribution is -0.131. The van der Waals surface area contributed by atoms with Gasteiger partial charge in [-0.25, -0.2) is 4.98 Å². The number of likely N-dealkylation sites (N-methyl/N-ethyl adjacent to an activating group) is 1. The fourth-order valence-corrected chi connectivity index (χ4v) is 2.58. The molecule has 0 aliphatic rings. The van der Waals surface area contributed by atoms with Crippen molar-refractivity contribution in [2.45, 2.75) is 26.3 Å². The van der Waals surface area contributed by atoms with Gasteiger partial charge in [-0.1, -0.05) is 6.07 Å². The first-order chi connectivity index (χ1) is 10.2. The van der Waals surface area contributed by atoms with Crippen molar-refractivity contribution in [1.82, 2.24) is 14.5 Å². The first kappa shape index (κ1) is 15.3. The standard InChI is InChI=1S/C15H17ClN4O/c1-3-19(4-2)14(21)10-20-12-7-5-6-11(9-17)15(12)18-13(20)8-16/h5-7H,3-4,8,10H2,1-2H3. The van der Waals surface area contributed by atoms with E-state index in [1.54, 1.807) is 21.6 Å². The van der Waals surface area contributed by atoms with Gasteiger partial charge in [0.25, 0.3) is 0 Å². The van der Waals surface area contributed by atoms with Crippen molar-refractivity contribution < 1.29 is 4.79 Å². The maximum absolute atomic E-state index is 12.3. The van der Waals surface area contributed by atoms with Crippen LogP contribution in [0.2, 0.25) is 0 Å². The van der Waals surface area contributed by atoms with Crippen molar-refractivity contribution >= 4 is 28.5 Å². The summed E-state index contributed by atoms with van der Waals surface area (Å²) in [6, 6.07) is 7.48. The van der Waals surface area contributed by atoms with Gasteiger partial charge in [-0.2, -0.15) is 5.26 Å². The third-order valence-electron chi connectivity index (χ3n) is 3.51. The molecular formula is C15H17ClN4O. The molecule has 0 saturated carbocycles. The van der Waals surface area contributed by atoms with Crippen LogP contribution in [0, 0.1) is 11.3 Å². The molecule has 0 aliphatic carbocycles. The number of alkyl halides is 1. The predicted molar refractivity (Wildman–Crippen MR) is 81.9 cm³/mol. The van der Waals surface area contributed by atoms with E-state index >= 15 is 0 Å². The molecule has 6 heteroatoms. The number of fused-ring (bicyclic) bond motifs is 1. The Bertz CT molecular complexity index is 697. The molecular weight excluding hydrogens is 288 g/mol. The monoisotopic (exact) mass is 304 g/mol. The number of amides is 1. The second-order valence-corrected chi connectivity index (χ2v) is 4.87. The van der Waals surface area contributed by atoms with Gasteiger partial charge in [-0.05, 0) is 26.0 Å². The molecule has 0 bridgehead atoms. The number of carbonyl (C=O) groups excluding carboxylic acids is 1. The molecule has 1 aromatic carbocycles. The Labute approximate surface area is 128 Å². The van der Waals surface area contributed by atoms with Crippen LogP contribution in [0.3, 0.4) is 0 Å². The largest absolute Gasteiger partial charge is 0.342 e. The van der Waals surface area contributed by atoms with Gasteiger partial charge in [0.05, 0.1) is 17.0 Å². The quantitative estimate of drug-likeness (QED) is 0.797. The number of aromatic nitrogens is 2. The van der Waals surface area contributed by atoms with E-state index < -0.39 is 0 Å². The fraction of sp³-hybridized carbons (Fsp3) is 0.400. The van der Waals surface area contributed by atoms with E-state index in [0.29, 0.717) is 30.0 Å². The highest BCUT2D eigenvalue weighted by molar-refractivity contribution is 6.17. The van der Waals surface area contributed by atoms with Crippen molar-refractivity contribution in [3.05, 3.63) is 29.6 Å². The molecule has 0 unspecified atom stereocenters. The maximum atomic E-state index is 12.3. The summed E-state index contributed by atoms with van der Waals surface area (Å²) in [6.07, 6.45) is 0. The van der Waals surface area contributed by atoms with Crippen LogP contribution in [0.5, 0.6) is 0 Å². The molecule has 0 fully saturated rings. The third-order valence-corrected chi connectivity index (χ3v) is 3.75. The van der Waals surface area contributed by atoms with Gasteiger partial charge in [0.2, 0.25) is 5.91 Å². The molecule has 0 atom stereocenters. The van der Waals surface area contributed by atoms with Crippen molar-refractivity contribution in [3.8, 4) is 6.07 Å². The summed E-state index contributed by atoms with van der Waals surface area (Å²) in [4.78, 5) is 18.5. The number of hydrogen-bond acceptors (Lipinski definition) is 3. The highest BCUT2D eigenvalue weighted by Gasteiger charge is 2.17. The van der Waals surface area contributed by atoms with Crippen LogP contribution in [-0.2, 0) is 17.2 Å². The summed E-state index contributed by atoms with van der Waals surface area (Å²) in [5.41, 5.74) is 1.86. The lowest BCUT2D eigenvalue weighted by Gasteiger charge is -2.19. The Morgan fingerprint density at radius 3 is 2.71 bits per heavy atom. The average molecular weight is 305 g/mol. The predicted octanol–water partition coefficient (Wildman–Crippen LogP) is 2.52. The SMILES string of the molecule is CCN(CC)C(=O)Cn1c(CCl)nc2c(C#N)cccc21. The Kier molecular flexibility index (Phi) is 4.81. The number of carbonyl (C=O) groups is 1. The van der Waals surface area contributed by atoms with Gasteiger partial charge in [-0.3, -0.25) is 4.79 Å². The lowest BCUT2D eigenvalue weighted by Crippen LogP contribution is -2.33. The molecule has 1 heterocycles. The highest BCUT2D eigenvalue weighted by atomic mass is 35.5. The molecule has 5 nitrogen and oxygen atoms in total. The molecule has 0 spiro atoms. The van der Waals surface area contributed by atoms with Gasteiger partial charge >= 0.3 is 0 Å². The van der Waals surface area contributed by atoms with E-state index in [0.717, 1.165) is 5.52 Å². The number of imidazole rings is 1. The number of rotatable bonds is 5. The third kappa shape index (κ3) is 2.86. The summed E-state index contributed by atoms with van der Waals surface area (Å²) in [7, 11) is 0. The number of halogens is 1. The zero-order valence-corrected chi connectivity index (χ0v) is 12.9. The Hall–Kier alpha value is -2.06. The first-order valence-electron chi connectivity index (χ1n) is 6.88. The minimum Gasteiger partial charge on any atom is -0.342 e. The molecule has 2 rings (SSSR count). The second kappa shape index (κ2) is 6.59. The van der Waals surface area contributed by atoms with E-state index in [-0.39, 0.29) is 18.3 Å². The van der Waals surface area contributed by atoms with Crippen LogP contribution in [0.1, 0.15) is 25.2 Å². The smallest absolute Gasteiger partial charge is 0.242 e. The van der Waals surface area contributed by atoms with Crippen LogP contribution >= 0.6 is 11.6 Å². The number of nitriles is 1. The summed E-state index contributed by atoms with van der Waals surface area (Å²) in [5.74, 6) is 0.827. The fourth-order valence-electron chi connectivity index (χ4n) is 2.38. The average Bonchev–Trinajstić information content (AvgIpc) is 2.86. The summed E-state index contributed by atoms with van der Waals surface area (Å²) < 4.78 is 1.80. The van der Waals surface area contributed by atoms with Crippen LogP contribution in [0.25, 0.3) is 11.0 Å². The number of para-hydroxylation sites is 1. The van der Waals surface area contributed by atoms with E-state index in [9.17, 15) is 4.79 Å². The molecule has 0 aliphatic heterocycles. The summed E-state index contributed by atoms with van der Waals surface area (Å²) in [5, 5.41) is 9.15. The van der Waals surface area contributed by atoms with Crippen LogP contribution in [0.15, 0.2) is 18.2 Å². The molecule has 110 valence electrons. The molecule has 1 amide bonds. The summed E-state index contributed by atoms with van der Waals surface area (Å²) in [6.45, 7) is 5.42. The molecule has 2 aromatic rings. The van der Waals surface area contributed by atoms with Crippen molar-refractivity contribution in [2.75, 3.05) is 13.1 Å². The van der Waals surface area contributed by atoms with Crippen molar-refractivity contribution in [3.63, 3.8) is 0 Å². The lowest BCUT2D eigenvalue weighted by atomic mass is 10.2. The maximum Gasteiger partial charge on any atom is 0.242 e. The van der Waals surface area contributed by atoms with E-state index in [2.05, 4.69) is 11.1 Å². The van der Waals surface area contributed by atoms with Gasteiger partial charge in [-0.15, -0.1) is 11.6 Å². The molecule has 1 aromatic heterocycles. The van der Waals surface area contributed by atoms with E-state index in [1.165, 1.54) is 0 Å². The molecule has 0 radical (unpaired) electrons. The summed E-state index contributed by atoms with van der Waals surface area (Å²) >= 11 is 5.94. The Balaban J connectivity index is 2.48. The van der Waals surface area contributed by atoms with E-state index in [1.807, 2.05) is 19.9 Å². The molecule has 0 saturated heterocycles. The normalized spacial score (nSPS) is 10.6. The minimum absolute atomic E-state index is 0.0213. The van der Waals surface area contributed by atoms with Crippen molar-refractivity contribution in [1.29, 1.82) is 5.26 Å². The Morgan fingerprint density at radius 2 is 2.14 bits per heavy atom. The van der Waals surface area contributed by atoms with E-state index in [4.69, 9.17) is 16.9 Å². The minimum atomic E-state index is 0.0213. The molecule has 0 N–H and O–H groups in total. The topological polar surface area (TPSA) is 61.9 Å². The van der Waals surface area contributed by atoms with Crippen LogP contribution in [0.4, 0.5) is 0 Å².